The van der Waals surface area contributed by atoms with Gasteiger partial charge in [0.1, 0.15) is 5.82 Å². The molecule has 0 radical (unpaired) electrons. The van der Waals surface area contributed by atoms with Gasteiger partial charge in [0.2, 0.25) is 0 Å². The van der Waals surface area contributed by atoms with Gasteiger partial charge in [0, 0.05) is 11.8 Å². The second-order valence-electron chi connectivity index (χ2n) is 4.49. The summed E-state index contributed by atoms with van der Waals surface area (Å²) in [6.45, 7) is 2.62. The molecule has 1 heterocycles. The van der Waals surface area contributed by atoms with E-state index < -0.39 is 0 Å². The summed E-state index contributed by atoms with van der Waals surface area (Å²) < 4.78 is 1.82. The van der Waals surface area contributed by atoms with Gasteiger partial charge in [0.15, 0.2) is 0 Å². The Morgan fingerprint density at radius 1 is 1.60 bits per heavy atom. The predicted molar refractivity (Wildman–Crippen MR) is 57.9 cm³/mol. The molecular weight excluding hydrogens is 188 g/mol. The molecule has 80 valence electrons. The topological polar surface area (TPSA) is 67.6 Å². The van der Waals surface area contributed by atoms with Gasteiger partial charge in [-0.25, -0.2) is 0 Å². The molecule has 0 spiro atoms. The summed E-state index contributed by atoms with van der Waals surface area (Å²) in [6, 6.07) is 2.45. The summed E-state index contributed by atoms with van der Waals surface area (Å²) in [6.07, 6.45) is 6.21. The molecule has 1 aliphatic carbocycles. The molecule has 2 rings (SSSR count). The number of hydrogen-bond donors (Lipinski definition) is 1. The third kappa shape index (κ3) is 1.82. The number of nitrogens with two attached hydrogens (primary N) is 1. The monoisotopic (exact) mass is 204 g/mol. The van der Waals surface area contributed by atoms with E-state index in [1.165, 1.54) is 0 Å². The van der Waals surface area contributed by atoms with E-state index in [9.17, 15) is 5.26 Å². The summed E-state index contributed by atoms with van der Waals surface area (Å²) in [5.41, 5.74) is 6.47. The van der Waals surface area contributed by atoms with E-state index in [2.05, 4.69) is 11.2 Å². The molecule has 0 amide bonds. The number of nitrogen functional groups attached to an aromatic ring is 1. The molecule has 0 unspecified atom stereocenters. The van der Waals surface area contributed by atoms with Gasteiger partial charge >= 0.3 is 0 Å². The fourth-order valence-corrected chi connectivity index (χ4v) is 2.28. The molecule has 1 fully saturated rings. The van der Waals surface area contributed by atoms with Crippen molar-refractivity contribution in [2.45, 2.75) is 39.2 Å². The number of hydrogen-bond acceptors (Lipinski definition) is 3. The molecule has 2 N–H and O–H groups in total. The van der Waals surface area contributed by atoms with E-state index in [0.29, 0.717) is 12.4 Å². The lowest BCUT2D eigenvalue weighted by atomic mass is 9.88. The van der Waals surface area contributed by atoms with Gasteiger partial charge in [-0.1, -0.05) is 12.8 Å². The van der Waals surface area contributed by atoms with Crippen molar-refractivity contribution in [3.05, 3.63) is 11.8 Å². The number of aromatic nitrogens is 2. The maximum absolute atomic E-state index is 9.23. The highest BCUT2D eigenvalue weighted by molar-refractivity contribution is 5.35. The Morgan fingerprint density at radius 2 is 2.27 bits per heavy atom. The Labute approximate surface area is 89.7 Å². The molecule has 0 aromatic carbocycles. The Kier molecular flexibility index (Phi) is 2.39. The first kappa shape index (κ1) is 10.0. The van der Waals surface area contributed by atoms with Crippen molar-refractivity contribution in [1.82, 2.24) is 9.78 Å². The first-order valence-corrected chi connectivity index (χ1v) is 5.36. The predicted octanol–water partition coefficient (Wildman–Crippen LogP) is 1.86. The minimum atomic E-state index is -0.203. The highest BCUT2D eigenvalue weighted by Gasteiger charge is 2.34. The SMILES string of the molecule is Cc1cn(CC2(C#N)CCCC2)nc1N. The molecule has 1 aromatic rings. The molecule has 1 saturated carbocycles. The van der Waals surface area contributed by atoms with Gasteiger partial charge in [0.05, 0.1) is 18.0 Å². The third-order valence-corrected chi connectivity index (χ3v) is 3.25. The fraction of sp³-hybridized carbons (Fsp3) is 0.636. The molecule has 1 aliphatic rings. The molecule has 1 aromatic heterocycles. The van der Waals surface area contributed by atoms with E-state index >= 15 is 0 Å². The van der Waals surface area contributed by atoms with Crippen LogP contribution in [0.5, 0.6) is 0 Å². The van der Waals surface area contributed by atoms with Gasteiger partial charge in [0.25, 0.3) is 0 Å². The zero-order chi connectivity index (χ0) is 10.9. The number of nitrogens with zero attached hydrogens (tertiary/aromatic N) is 3. The molecule has 0 saturated heterocycles. The van der Waals surface area contributed by atoms with Crippen molar-refractivity contribution in [2.24, 2.45) is 5.41 Å². The Morgan fingerprint density at radius 3 is 2.73 bits per heavy atom. The van der Waals surface area contributed by atoms with E-state index in [1.54, 1.807) is 0 Å². The van der Waals surface area contributed by atoms with E-state index in [4.69, 9.17) is 5.73 Å². The van der Waals surface area contributed by atoms with Crippen LogP contribution in [0.15, 0.2) is 6.20 Å². The Bertz CT molecular complexity index is 374. The summed E-state index contributed by atoms with van der Waals surface area (Å²) in [4.78, 5) is 0. The highest BCUT2D eigenvalue weighted by atomic mass is 15.3. The van der Waals surface area contributed by atoms with Gasteiger partial charge in [-0.2, -0.15) is 10.4 Å². The van der Waals surface area contributed by atoms with Crippen LogP contribution >= 0.6 is 0 Å². The fourth-order valence-electron chi connectivity index (χ4n) is 2.28. The van der Waals surface area contributed by atoms with Crippen LogP contribution in [-0.4, -0.2) is 9.78 Å². The zero-order valence-corrected chi connectivity index (χ0v) is 9.03. The second-order valence-corrected chi connectivity index (χ2v) is 4.49. The summed E-state index contributed by atoms with van der Waals surface area (Å²) in [5.74, 6) is 0.570. The van der Waals surface area contributed by atoms with E-state index in [-0.39, 0.29) is 5.41 Å². The minimum absolute atomic E-state index is 0.203. The maximum atomic E-state index is 9.23. The molecule has 15 heavy (non-hydrogen) atoms. The second kappa shape index (κ2) is 3.58. The number of nitriles is 1. The minimum Gasteiger partial charge on any atom is -0.382 e. The van der Waals surface area contributed by atoms with Crippen LogP contribution in [-0.2, 0) is 6.54 Å². The molecule has 0 aliphatic heterocycles. The van der Waals surface area contributed by atoms with Gasteiger partial charge in [-0.05, 0) is 19.8 Å². The van der Waals surface area contributed by atoms with Crippen molar-refractivity contribution >= 4 is 5.82 Å². The zero-order valence-electron chi connectivity index (χ0n) is 9.03. The maximum Gasteiger partial charge on any atom is 0.148 e. The van der Waals surface area contributed by atoms with Gasteiger partial charge < -0.3 is 5.73 Å². The van der Waals surface area contributed by atoms with Crippen LogP contribution in [0.1, 0.15) is 31.2 Å². The van der Waals surface area contributed by atoms with Crippen molar-refractivity contribution in [2.75, 3.05) is 5.73 Å². The summed E-state index contributed by atoms with van der Waals surface area (Å²) >= 11 is 0. The largest absolute Gasteiger partial charge is 0.382 e. The summed E-state index contributed by atoms with van der Waals surface area (Å²) in [5, 5.41) is 13.4. The average Bonchev–Trinajstić information content (AvgIpc) is 2.77. The molecular formula is C11H16N4. The van der Waals surface area contributed by atoms with Crippen molar-refractivity contribution in [3.8, 4) is 6.07 Å². The van der Waals surface area contributed by atoms with Gasteiger partial charge in [-0.15, -0.1) is 0 Å². The third-order valence-electron chi connectivity index (χ3n) is 3.25. The van der Waals surface area contributed by atoms with Crippen molar-refractivity contribution < 1.29 is 0 Å². The first-order valence-electron chi connectivity index (χ1n) is 5.36. The Balaban J connectivity index is 2.17. The highest BCUT2D eigenvalue weighted by Crippen LogP contribution is 2.38. The normalized spacial score (nSPS) is 18.9. The summed E-state index contributed by atoms with van der Waals surface area (Å²) in [7, 11) is 0. The van der Waals surface area contributed by atoms with Crippen LogP contribution in [0.4, 0.5) is 5.82 Å². The quantitative estimate of drug-likeness (QED) is 0.799. The number of rotatable bonds is 2. The number of aryl methyl sites for hydroxylation is 1. The van der Waals surface area contributed by atoms with Crippen LogP contribution in [0.25, 0.3) is 0 Å². The molecule has 0 bridgehead atoms. The molecule has 4 nitrogen and oxygen atoms in total. The van der Waals surface area contributed by atoms with Crippen LogP contribution in [0.2, 0.25) is 0 Å². The standard InChI is InChI=1S/C11H16N4/c1-9-6-15(14-10(9)13)8-11(7-12)4-2-3-5-11/h6H,2-5,8H2,1H3,(H2,13,14). The first-order chi connectivity index (χ1) is 7.15. The Hall–Kier alpha value is -1.50. The van der Waals surface area contributed by atoms with Crippen LogP contribution < -0.4 is 5.73 Å². The van der Waals surface area contributed by atoms with Crippen LogP contribution in [0.3, 0.4) is 0 Å². The lowest BCUT2D eigenvalue weighted by Gasteiger charge is -2.19. The molecule has 4 heteroatoms. The number of anilines is 1. The van der Waals surface area contributed by atoms with Gasteiger partial charge in [-0.3, -0.25) is 4.68 Å². The van der Waals surface area contributed by atoms with Crippen molar-refractivity contribution in [3.63, 3.8) is 0 Å². The van der Waals surface area contributed by atoms with E-state index in [0.717, 1.165) is 31.2 Å². The van der Waals surface area contributed by atoms with Crippen LogP contribution in [0, 0.1) is 23.7 Å². The molecule has 0 atom stereocenters. The average molecular weight is 204 g/mol. The smallest absolute Gasteiger partial charge is 0.148 e. The van der Waals surface area contributed by atoms with E-state index in [1.807, 2.05) is 17.8 Å². The van der Waals surface area contributed by atoms with Crippen molar-refractivity contribution in [1.29, 1.82) is 5.26 Å². The lowest BCUT2D eigenvalue weighted by molar-refractivity contribution is 0.327. The lowest BCUT2D eigenvalue weighted by Crippen LogP contribution is -2.21.